The molecule has 3 aromatic rings. The van der Waals surface area contributed by atoms with Crippen LogP contribution in [0, 0.1) is 11.6 Å². The smallest absolute Gasteiger partial charge is 0.179 e. The number of rotatable bonds is 2. The van der Waals surface area contributed by atoms with Gasteiger partial charge >= 0.3 is 0 Å². The van der Waals surface area contributed by atoms with E-state index in [1.165, 1.54) is 0 Å². The van der Waals surface area contributed by atoms with Crippen LogP contribution in [0.4, 0.5) is 14.6 Å². The molecule has 0 unspecified atom stereocenters. The Morgan fingerprint density at radius 1 is 1.00 bits per heavy atom. The number of halogens is 2. The summed E-state index contributed by atoms with van der Waals surface area (Å²) in [6.45, 7) is 0. The van der Waals surface area contributed by atoms with Crippen LogP contribution in [0.2, 0.25) is 0 Å². The molecule has 1 aromatic heterocycles. The van der Waals surface area contributed by atoms with Gasteiger partial charge in [-0.25, -0.2) is 8.78 Å². The fraction of sp³-hybridized carbons (Fsp3) is 0. The first-order valence-electron chi connectivity index (χ1n) is 5.93. The Kier molecular flexibility index (Phi) is 2.95. The second kappa shape index (κ2) is 4.77. The molecule has 1 heterocycles. The molecular weight excluding hydrogens is 262 g/mol. The van der Waals surface area contributed by atoms with Crippen molar-refractivity contribution in [2.75, 3.05) is 5.73 Å². The maximum Gasteiger partial charge on any atom is 0.179 e. The Labute approximate surface area is 113 Å². The molecule has 0 bridgehead atoms. The molecule has 0 aliphatic heterocycles. The lowest BCUT2D eigenvalue weighted by atomic mass is 10.0. The van der Waals surface area contributed by atoms with Crippen molar-refractivity contribution in [3.05, 3.63) is 60.2 Å². The van der Waals surface area contributed by atoms with Crippen molar-refractivity contribution in [3.8, 4) is 22.5 Å². The number of nitrogens with two attached hydrogens (primary N) is 1. The summed E-state index contributed by atoms with van der Waals surface area (Å²) in [5.74, 6) is -0.907. The molecule has 2 N–H and O–H groups in total. The average Bonchev–Trinajstić information content (AvgIpc) is 2.84. The first-order valence-corrected chi connectivity index (χ1v) is 5.93. The van der Waals surface area contributed by atoms with Crippen LogP contribution >= 0.6 is 0 Å². The summed E-state index contributed by atoms with van der Waals surface area (Å²) >= 11 is 0. The van der Waals surface area contributed by atoms with E-state index in [9.17, 15) is 8.78 Å². The lowest BCUT2D eigenvalue weighted by Gasteiger charge is -2.04. The van der Waals surface area contributed by atoms with E-state index in [4.69, 9.17) is 10.3 Å². The summed E-state index contributed by atoms with van der Waals surface area (Å²) in [5, 5.41) is 3.65. The molecule has 0 aliphatic rings. The Morgan fingerprint density at radius 3 is 2.50 bits per heavy atom. The number of hydrogen-bond acceptors (Lipinski definition) is 3. The predicted molar refractivity (Wildman–Crippen MR) is 71.7 cm³/mol. The molecule has 0 amide bonds. The minimum atomic E-state index is -0.597. The van der Waals surface area contributed by atoms with Gasteiger partial charge in [-0.15, -0.1) is 0 Å². The highest BCUT2D eigenvalue weighted by Gasteiger charge is 2.20. The van der Waals surface area contributed by atoms with Gasteiger partial charge < -0.3 is 10.3 Å². The van der Waals surface area contributed by atoms with Gasteiger partial charge in [0.25, 0.3) is 0 Å². The third kappa shape index (κ3) is 2.03. The number of nitrogens with zero attached hydrogens (tertiary/aromatic N) is 1. The Morgan fingerprint density at radius 2 is 1.75 bits per heavy atom. The largest absolute Gasteiger partial charge is 0.380 e. The molecule has 5 heteroatoms. The van der Waals surface area contributed by atoms with E-state index in [0.717, 1.165) is 23.8 Å². The molecule has 100 valence electrons. The van der Waals surface area contributed by atoms with Gasteiger partial charge in [-0.3, -0.25) is 0 Å². The Bertz CT molecular complexity index is 754. The van der Waals surface area contributed by atoms with E-state index in [1.54, 1.807) is 12.1 Å². The van der Waals surface area contributed by atoms with Gasteiger partial charge in [0, 0.05) is 0 Å². The number of aromatic nitrogens is 1. The van der Waals surface area contributed by atoms with E-state index in [-0.39, 0.29) is 17.1 Å². The quantitative estimate of drug-likeness (QED) is 0.770. The minimum absolute atomic E-state index is 0.00643. The maximum absolute atomic E-state index is 13.9. The standard InChI is InChI=1S/C15H10F2N2O/c16-10-6-7-12(17)11(8-10)14-13(15(18)19-20-14)9-4-2-1-3-5-9/h1-8H,(H2,18,19). The van der Waals surface area contributed by atoms with Crippen LogP contribution in [0.1, 0.15) is 0 Å². The van der Waals surface area contributed by atoms with Crippen molar-refractivity contribution in [2.45, 2.75) is 0 Å². The molecule has 0 atom stereocenters. The Hall–Kier alpha value is -2.69. The van der Waals surface area contributed by atoms with Gasteiger partial charge in [0.2, 0.25) is 0 Å². The van der Waals surface area contributed by atoms with Crippen LogP contribution < -0.4 is 5.73 Å². The van der Waals surface area contributed by atoms with Gasteiger partial charge in [-0.05, 0) is 23.8 Å². The predicted octanol–water partition coefficient (Wildman–Crippen LogP) is 3.87. The van der Waals surface area contributed by atoms with Crippen LogP contribution in [0.5, 0.6) is 0 Å². The fourth-order valence-corrected chi connectivity index (χ4v) is 2.04. The number of anilines is 1. The molecule has 0 fully saturated rings. The van der Waals surface area contributed by atoms with Gasteiger partial charge in [-0.1, -0.05) is 35.5 Å². The molecule has 0 saturated carbocycles. The van der Waals surface area contributed by atoms with E-state index in [1.807, 2.05) is 18.2 Å². The summed E-state index contributed by atoms with van der Waals surface area (Å²) < 4.78 is 32.3. The van der Waals surface area contributed by atoms with E-state index >= 15 is 0 Å². The molecule has 3 rings (SSSR count). The van der Waals surface area contributed by atoms with Crippen molar-refractivity contribution in [2.24, 2.45) is 0 Å². The van der Waals surface area contributed by atoms with E-state index in [2.05, 4.69) is 5.16 Å². The van der Waals surface area contributed by atoms with E-state index in [0.29, 0.717) is 5.56 Å². The second-order valence-corrected chi connectivity index (χ2v) is 4.26. The van der Waals surface area contributed by atoms with Crippen molar-refractivity contribution in [3.63, 3.8) is 0 Å². The van der Waals surface area contributed by atoms with Crippen molar-refractivity contribution in [1.82, 2.24) is 5.16 Å². The maximum atomic E-state index is 13.9. The zero-order valence-electron chi connectivity index (χ0n) is 10.3. The first kappa shape index (κ1) is 12.3. The van der Waals surface area contributed by atoms with Gasteiger partial charge in [0.15, 0.2) is 11.6 Å². The van der Waals surface area contributed by atoms with Crippen molar-refractivity contribution in [1.29, 1.82) is 0 Å². The molecule has 2 aromatic carbocycles. The van der Waals surface area contributed by atoms with Crippen LogP contribution in [0.3, 0.4) is 0 Å². The normalized spacial score (nSPS) is 10.7. The topological polar surface area (TPSA) is 52.0 Å². The van der Waals surface area contributed by atoms with Gasteiger partial charge in [0.1, 0.15) is 11.6 Å². The third-order valence-electron chi connectivity index (χ3n) is 2.95. The highest BCUT2D eigenvalue weighted by atomic mass is 19.1. The monoisotopic (exact) mass is 272 g/mol. The molecule has 0 aliphatic carbocycles. The van der Waals surface area contributed by atoms with Crippen LogP contribution in [0.15, 0.2) is 53.1 Å². The number of benzene rings is 2. The SMILES string of the molecule is Nc1noc(-c2cc(F)ccc2F)c1-c1ccccc1. The molecule has 3 nitrogen and oxygen atoms in total. The zero-order valence-corrected chi connectivity index (χ0v) is 10.3. The molecule has 0 radical (unpaired) electrons. The van der Waals surface area contributed by atoms with E-state index < -0.39 is 11.6 Å². The molecular formula is C15H10F2N2O. The van der Waals surface area contributed by atoms with Crippen molar-refractivity contribution >= 4 is 5.82 Å². The lowest BCUT2D eigenvalue weighted by molar-refractivity contribution is 0.433. The minimum Gasteiger partial charge on any atom is -0.380 e. The van der Waals surface area contributed by atoms with Crippen LogP contribution in [-0.4, -0.2) is 5.16 Å². The lowest BCUT2D eigenvalue weighted by Crippen LogP contribution is -1.90. The van der Waals surface area contributed by atoms with Crippen molar-refractivity contribution < 1.29 is 13.3 Å². The van der Waals surface area contributed by atoms with Gasteiger partial charge in [0.05, 0.1) is 11.1 Å². The zero-order chi connectivity index (χ0) is 14.1. The molecule has 0 spiro atoms. The van der Waals surface area contributed by atoms with Crippen LogP contribution in [-0.2, 0) is 0 Å². The average molecular weight is 272 g/mol. The summed E-state index contributed by atoms with van der Waals surface area (Å²) in [6, 6.07) is 12.2. The number of nitrogen functional groups attached to an aromatic ring is 1. The molecule has 20 heavy (non-hydrogen) atoms. The van der Waals surface area contributed by atoms with Gasteiger partial charge in [-0.2, -0.15) is 0 Å². The number of hydrogen-bond donors (Lipinski definition) is 1. The fourth-order valence-electron chi connectivity index (χ4n) is 2.04. The third-order valence-corrected chi connectivity index (χ3v) is 2.95. The second-order valence-electron chi connectivity index (χ2n) is 4.26. The first-order chi connectivity index (χ1) is 9.66. The Balaban J connectivity index is 2.24. The summed E-state index contributed by atoms with van der Waals surface area (Å²) in [7, 11) is 0. The highest BCUT2D eigenvalue weighted by molar-refractivity contribution is 5.86. The summed E-state index contributed by atoms with van der Waals surface area (Å²) in [5.41, 5.74) is 6.95. The van der Waals surface area contributed by atoms with Crippen LogP contribution in [0.25, 0.3) is 22.5 Å². The highest BCUT2D eigenvalue weighted by Crippen LogP contribution is 2.37. The summed E-state index contributed by atoms with van der Waals surface area (Å²) in [6.07, 6.45) is 0. The molecule has 0 saturated heterocycles. The summed E-state index contributed by atoms with van der Waals surface area (Å²) in [4.78, 5) is 0.